The number of rotatable bonds is 6. The van der Waals surface area contributed by atoms with Crippen molar-refractivity contribution in [2.24, 2.45) is 0 Å². The van der Waals surface area contributed by atoms with Gasteiger partial charge in [-0.2, -0.15) is 0 Å². The molecule has 0 bridgehead atoms. The second kappa shape index (κ2) is 9.02. The Balaban J connectivity index is 1.59. The molecule has 0 aliphatic carbocycles. The number of methoxy groups -OCH3 is 2. The number of carbonyl (C=O) groups excluding carboxylic acids is 1. The zero-order chi connectivity index (χ0) is 22.8. The van der Waals surface area contributed by atoms with Crippen molar-refractivity contribution in [2.75, 3.05) is 19.5 Å². The smallest absolute Gasteiger partial charge is 0.271 e. The molecule has 1 N–H and O–H groups in total. The molecule has 2 heterocycles. The fraction of sp³-hybridized carbons (Fsp3) is 0.174. The lowest BCUT2D eigenvalue weighted by Crippen LogP contribution is -2.27. The summed E-state index contributed by atoms with van der Waals surface area (Å²) in [5, 5.41) is 4.97. The highest BCUT2D eigenvalue weighted by Crippen LogP contribution is 2.36. The average molecular weight is 470 g/mol. The summed E-state index contributed by atoms with van der Waals surface area (Å²) in [6.45, 7) is 1.82. The maximum absolute atomic E-state index is 13.0. The van der Waals surface area contributed by atoms with Crippen molar-refractivity contribution in [2.45, 2.75) is 13.5 Å². The van der Waals surface area contributed by atoms with Crippen LogP contribution in [0.4, 0.5) is 5.69 Å². The van der Waals surface area contributed by atoms with E-state index in [9.17, 15) is 9.59 Å². The van der Waals surface area contributed by atoms with Gasteiger partial charge in [0.05, 0.1) is 36.8 Å². The van der Waals surface area contributed by atoms with Gasteiger partial charge in [-0.1, -0.05) is 41.4 Å². The zero-order valence-corrected chi connectivity index (χ0v) is 19.2. The number of nitrogens with one attached hydrogen (secondary N) is 1. The molecule has 2 aromatic carbocycles. The van der Waals surface area contributed by atoms with E-state index in [-0.39, 0.29) is 12.1 Å². The van der Waals surface area contributed by atoms with Crippen LogP contribution in [0.5, 0.6) is 11.5 Å². The molecule has 0 atom stereocenters. The minimum absolute atomic E-state index is 0.202. The summed E-state index contributed by atoms with van der Waals surface area (Å²) >= 11 is 7.48. The minimum Gasteiger partial charge on any atom is -0.495 e. The lowest BCUT2D eigenvalue weighted by atomic mass is 10.1. The number of carbonyl (C=O) groups is 1. The first-order valence-electron chi connectivity index (χ1n) is 9.66. The molecule has 0 fully saturated rings. The quantitative estimate of drug-likeness (QED) is 0.441. The Labute approximate surface area is 193 Å². The van der Waals surface area contributed by atoms with Crippen LogP contribution in [0.15, 0.2) is 52.9 Å². The highest BCUT2D eigenvalue weighted by molar-refractivity contribution is 7.17. The van der Waals surface area contributed by atoms with Gasteiger partial charge >= 0.3 is 0 Å². The molecule has 0 saturated carbocycles. The monoisotopic (exact) mass is 469 g/mol. The molecular formula is C23H20ClN3O4S. The van der Waals surface area contributed by atoms with Crippen LogP contribution in [0.3, 0.4) is 0 Å². The van der Waals surface area contributed by atoms with Crippen LogP contribution in [0.2, 0.25) is 5.02 Å². The maximum atomic E-state index is 13.0. The van der Waals surface area contributed by atoms with Gasteiger partial charge in [0.2, 0.25) is 5.91 Å². The topological polar surface area (TPSA) is 82.4 Å². The minimum atomic E-state index is -0.414. The first kappa shape index (κ1) is 21.9. The molecule has 0 radical (unpaired) electrons. The third kappa shape index (κ3) is 4.19. The fourth-order valence-electron chi connectivity index (χ4n) is 3.29. The second-order valence-corrected chi connectivity index (χ2v) is 8.39. The predicted molar refractivity (Wildman–Crippen MR) is 127 cm³/mol. The molecule has 0 spiro atoms. The molecule has 0 aliphatic rings. The maximum Gasteiger partial charge on any atom is 0.271 e. The molecule has 1 amide bonds. The van der Waals surface area contributed by atoms with Crippen molar-refractivity contribution in [1.82, 2.24) is 9.55 Å². The van der Waals surface area contributed by atoms with Crippen molar-refractivity contribution in [3.05, 3.63) is 69.0 Å². The van der Waals surface area contributed by atoms with Gasteiger partial charge in [0.15, 0.2) is 0 Å². The van der Waals surface area contributed by atoms with Crippen molar-refractivity contribution >= 4 is 44.7 Å². The Bertz CT molecular complexity index is 1360. The Kier molecular flexibility index (Phi) is 6.16. The molecule has 2 aromatic heterocycles. The molecule has 9 heteroatoms. The summed E-state index contributed by atoms with van der Waals surface area (Å²) in [4.78, 5) is 30.1. The number of hydrogen-bond acceptors (Lipinski definition) is 6. The van der Waals surface area contributed by atoms with Gasteiger partial charge in [-0.3, -0.25) is 14.2 Å². The van der Waals surface area contributed by atoms with Crippen LogP contribution in [-0.4, -0.2) is 29.7 Å². The molecule has 0 aliphatic heterocycles. The van der Waals surface area contributed by atoms with Gasteiger partial charge in [0.25, 0.3) is 5.56 Å². The SMILES string of the molecule is COc1cc(OC)c(NC(=O)Cn2cnc3c(-c4ccc(C)cc4)csc3c2=O)cc1Cl. The highest BCUT2D eigenvalue weighted by atomic mass is 35.5. The molecule has 0 saturated heterocycles. The van der Waals surface area contributed by atoms with Gasteiger partial charge in [0.1, 0.15) is 22.7 Å². The van der Waals surface area contributed by atoms with E-state index in [1.54, 1.807) is 6.07 Å². The molecule has 4 aromatic rings. The highest BCUT2D eigenvalue weighted by Gasteiger charge is 2.16. The van der Waals surface area contributed by atoms with Crippen LogP contribution in [0, 0.1) is 6.92 Å². The van der Waals surface area contributed by atoms with Crippen LogP contribution in [0.1, 0.15) is 5.56 Å². The number of hydrogen-bond donors (Lipinski definition) is 1. The van der Waals surface area contributed by atoms with Crippen LogP contribution in [0.25, 0.3) is 21.3 Å². The van der Waals surface area contributed by atoms with E-state index in [4.69, 9.17) is 21.1 Å². The number of anilines is 1. The first-order valence-corrected chi connectivity index (χ1v) is 10.9. The first-order chi connectivity index (χ1) is 15.4. The van der Waals surface area contributed by atoms with Crippen molar-refractivity contribution in [1.29, 1.82) is 0 Å². The van der Waals surface area contributed by atoms with E-state index in [1.165, 1.54) is 42.5 Å². The largest absolute Gasteiger partial charge is 0.495 e. The standard InChI is InChI=1S/C23H20ClN3O4S/c1-13-4-6-14(7-5-13)15-11-32-22-21(15)25-12-27(23(22)29)10-20(28)26-17-8-16(24)18(30-2)9-19(17)31-3/h4-9,11-12H,10H2,1-3H3,(H,26,28). The summed E-state index contributed by atoms with van der Waals surface area (Å²) in [7, 11) is 2.96. The number of aryl methyl sites for hydroxylation is 1. The normalized spacial score (nSPS) is 10.9. The Morgan fingerprint density at radius 2 is 1.88 bits per heavy atom. The average Bonchev–Trinajstić information content (AvgIpc) is 3.21. The van der Waals surface area contributed by atoms with Crippen LogP contribution < -0.4 is 20.3 Å². The van der Waals surface area contributed by atoms with Gasteiger partial charge in [0, 0.05) is 17.0 Å². The summed E-state index contributed by atoms with van der Waals surface area (Å²) in [5.41, 5.74) is 3.79. The zero-order valence-electron chi connectivity index (χ0n) is 17.6. The van der Waals surface area contributed by atoms with E-state index < -0.39 is 5.91 Å². The number of aromatic nitrogens is 2. The predicted octanol–water partition coefficient (Wildman–Crippen LogP) is 4.74. The number of amides is 1. The molecule has 7 nitrogen and oxygen atoms in total. The van der Waals surface area contributed by atoms with E-state index >= 15 is 0 Å². The summed E-state index contributed by atoms with van der Waals surface area (Å²) < 4.78 is 12.2. The van der Waals surface area contributed by atoms with Crippen molar-refractivity contribution in [3.63, 3.8) is 0 Å². The Morgan fingerprint density at radius 3 is 2.56 bits per heavy atom. The number of halogens is 1. The van der Waals surface area contributed by atoms with Gasteiger partial charge in [-0.15, -0.1) is 11.3 Å². The number of ether oxygens (including phenoxy) is 2. The number of benzene rings is 2. The molecule has 32 heavy (non-hydrogen) atoms. The van der Waals surface area contributed by atoms with E-state index in [0.717, 1.165) is 16.7 Å². The second-order valence-electron chi connectivity index (χ2n) is 7.11. The van der Waals surface area contributed by atoms with E-state index in [1.807, 2.05) is 36.6 Å². The summed E-state index contributed by atoms with van der Waals surface area (Å²) in [6, 6.07) is 11.2. The number of fused-ring (bicyclic) bond motifs is 1. The van der Waals surface area contributed by atoms with Crippen molar-refractivity contribution in [3.8, 4) is 22.6 Å². The molecule has 4 rings (SSSR count). The Hall–Kier alpha value is -3.36. The summed E-state index contributed by atoms with van der Waals surface area (Å²) in [6.07, 6.45) is 1.40. The van der Waals surface area contributed by atoms with E-state index in [2.05, 4.69) is 10.3 Å². The summed E-state index contributed by atoms with van der Waals surface area (Å²) in [5.74, 6) is 0.402. The van der Waals surface area contributed by atoms with E-state index in [0.29, 0.717) is 32.4 Å². The Morgan fingerprint density at radius 1 is 1.16 bits per heavy atom. The lowest BCUT2D eigenvalue weighted by molar-refractivity contribution is -0.116. The van der Waals surface area contributed by atoms with Crippen LogP contribution >= 0.6 is 22.9 Å². The van der Waals surface area contributed by atoms with Gasteiger partial charge in [-0.25, -0.2) is 4.98 Å². The molecule has 164 valence electrons. The lowest BCUT2D eigenvalue weighted by Gasteiger charge is -2.13. The van der Waals surface area contributed by atoms with Gasteiger partial charge < -0.3 is 14.8 Å². The molecule has 0 unspecified atom stereocenters. The third-order valence-corrected chi connectivity index (χ3v) is 6.22. The van der Waals surface area contributed by atoms with Crippen LogP contribution in [-0.2, 0) is 11.3 Å². The van der Waals surface area contributed by atoms with Gasteiger partial charge in [-0.05, 0) is 18.6 Å². The third-order valence-electron chi connectivity index (χ3n) is 4.97. The fourth-order valence-corrected chi connectivity index (χ4v) is 4.51. The number of thiophene rings is 1. The molecular weight excluding hydrogens is 450 g/mol. The number of nitrogens with zero attached hydrogens (tertiary/aromatic N) is 2. The van der Waals surface area contributed by atoms with Crippen molar-refractivity contribution < 1.29 is 14.3 Å².